The number of halogens is 1. The van der Waals surface area contributed by atoms with Crippen LogP contribution in [0.4, 0.5) is 4.79 Å². The fraction of sp³-hybridized carbons (Fsp3) is 0.0870. The lowest BCUT2D eigenvalue weighted by Gasteiger charge is -2.13. The van der Waals surface area contributed by atoms with Crippen LogP contribution in [-0.2, 0) is 11.3 Å². The Balaban J connectivity index is 1.54. The highest BCUT2D eigenvalue weighted by molar-refractivity contribution is 6.30. The molecule has 0 bridgehead atoms. The van der Waals surface area contributed by atoms with E-state index in [9.17, 15) is 9.59 Å². The van der Waals surface area contributed by atoms with Gasteiger partial charge >= 0.3 is 11.8 Å². The van der Waals surface area contributed by atoms with E-state index < -0.39 is 17.9 Å². The zero-order valence-electron chi connectivity index (χ0n) is 16.3. The smallest absolute Gasteiger partial charge is 0.443 e. The van der Waals surface area contributed by atoms with E-state index in [0.717, 1.165) is 16.7 Å². The van der Waals surface area contributed by atoms with E-state index in [4.69, 9.17) is 26.5 Å². The van der Waals surface area contributed by atoms with Crippen molar-refractivity contribution in [2.24, 2.45) is 5.73 Å². The molecule has 3 aromatic carbocycles. The molecule has 1 aromatic heterocycles. The summed E-state index contributed by atoms with van der Waals surface area (Å²) in [6.45, 7) is 0.0136. The molecule has 2 N–H and O–H groups in total. The molecule has 0 aliphatic carbocycles. The maximum Gasteiger partial charge on any atom is 0.447 e. The molecule has 31 heavy (non-hydrogen) atoms. The third-order valence-electron chi connectivity index (χ3n) is 4.65. The third kappa shape index (κ3) is 4.74. The summed E-state index contributed by atoms with van der Waals surface area (Å²) in [6, 6.07) is 23.0. The summed E-state index contributed by atoms with van der Waals surface area (Å²) in [5, 5.41) is 4.60. The van der Waals surface area contributed by atoms with Crippen molar-refractivity contribution in [3.05, 3.63) is 111 Å². The van der Waals surface area contributed by atoms with E-state index in [2.05, 4.69) is 5.10 Å². The van der Waals surface area contributed by atoms with Gasteiger partial charge in [0.1, 0.15) is 6.61 Å². The highest BCUT2D eigenvalue weighted by Crippen LogP contribution is 2.25. The number of hydrogen-bond donors (Lipinski definition) is 1. The number of carbonyl (C=O) groups is 1. The van der Waals surface area contributed by atoms with Crippen LogP contribution in [0.2, 0.25) is 5.02 Å². The Labute approximate surface area is 182 Å². The summed E-state index contributed by atoms with van der Waals surface area (Å²) < 4.78 is 10.9. The molecule has 0 saturated heterocycles. The Morgan fingerprint density at radius 3 is 2.52 bits per heavy atom. The maximum absolute atomic E-state index is 12.3. The second kappa shape index (κ2) is 8.99. The van der Waals surface area contributed by atoms with Crippen molar-refractivity contribution in [3.8, 4) is 11.5 Å². The van der Waals surface area contributed by atoms with E-state index >= 15 is 0 Å². The fourth-order valence-corrected chi connectivity index (χ4v) is 3.14. The fourth-order valence-electron chi connectivity index (χ4n) is 3.02. The van der Waals surface area contributed by atoms with Crippen LogP contribution in [-0.4, -0.2) is 15.9 Å². The molecule has 0 radical (unpaired) electrons. The predicted molar refractivity (Wildman–Crippen MR) is 116 cm³/mol. The summed E-state index contributed by atoms with van der Waals surface area (Å²) in [7, 11) is 0. The van der Waals surface area contributed by atoms with Gasteiger partial charge in [-0.1, -0.05) is 70.9 Å². The van der Waals surface area contributed by atoms with Gasteiger partial charge in [0.25, 0.3) is 0 Å². The van der Waals surface area contributed by atoms with E-state index in [-0.39, 0.29) is 12.5 Å². The third-order valence-corrected chi connectivity index (χ3v) is 4.90. The lowest BCUT2D eigenvalue weighted by atomic mass is 9.98. The highest BCUT2D eigenvalue weighted by atomic mass is 35.5. The first kappa shape index (κ1) is 20.6. The van der Waals surface area contributed by atoms with E-state index in [0.29, 0.717) is 15.3 Å². The molecule has 1 atom stereocenters. The topological polar surface area (TPSA) is 100 Å². The highest BCUT2D eigenvalue weighted by Gasteiger charge is 2.18. The molecule has 7 nitrogen and oxygen atoms in total. The normalized spacial score (nSPS) is 11.8. The molecule has 0 saturated carbocycles. The summed E-state index contributed by atoms with van der Waals surface area (Å²) in [5.41, 5.74) is 9.31. The molecule has 4 aromatic rings. The van der Waals surface area contributed by atoms with E-state index in [1.54, 1.807) is 42.5 Å². The van der Waals surface area contributed by atoms with Crippen LogP contribution >= 0.6 is 11.6 Å². The molecular weight excluding hydrogens is 418 g/mol. The Hall–Kier alpha value is -3.68. The molecule has 0 unspecified atom stereocenters. The lowest BCUT2D eigenvalue weighted by Crippen LogP contribution is -2.25. The largest absolute Gasteiger partial charge is 0.447 e. The van der Waals surface area contributed by atoms with Crippen molar-refractivity contribution in [1.82, 2.24) is 9.78 Å². The van der Waals surface area contributed by atoms with Gasteiger partial charge in [0.05, 0.1) is 6.04 Å². The first-order valence-electron chi connectivity index (χ1n) is 9.44. The molecule has 0 spiro atoms. The average Bonchev–Trinajstić information content (AvgIpc) is 3.20. The van der Waals surface area contributed by atoms with Crippen molar-refractivity contribution in [1.29, 1.82) is 0 Å². The van der Waals surface area contributed by atoms with Crippen LogP contribution in [0.5, 0.6) is 0 Å². The van der Waals surface area contributed by atoms with Crippen LogP contribution in [0.1, 0.15) is 22.7 Å². The zero-order valence-corrected chi connectivity index (χ0v) is 17.0. The number of hydrogen-bond acceptors (Lipinski definition) is 6. The standard InChI is InChI=1S/C23H18ClN3O4/c24-19-11-9-16(10-12-19)20(25)17-7-4-8-18(13-17)21-26-27(23(29)31-21)22(28)30-14-15-5-2-1-3-6-15/h1-13,20H,14,25H2/t20-/m0/s1. The number of nitrogens with two attached hydrogens (primary N) is 1. The summed E-state index contributed by atoms with van der Waals surface area (Å²) in [5.74, 6) is -0.938. The molecule has 0 aliphatic rings. The second-order valence-corrected chi connectivity index (χ2v) is 7.22. The molecule has 0 amide bonds. The molecule has 0 fully saturated rings. The Bertz CT molecular complexity index is 1250. The van der Waals surface area contributed by atoms with Crippen LogP contribution in [0.15, 0.2) is 88.1 Å². The van der Waals surface area contributed by atoms with Crippen LogP contribution in [0.25, 0.3) is 11.5 Å². The number of benzene rings is 3. The van der Waals surface area contributed by atoms with E-state index in [1.165, 1.54) is 0 Å². The van der Waals surface area contributed by atoms with Gasteiger partial charge in [0.15, 0.2) is 0 Å². The second-order valence-electron chi connectivity index (χ2n) is 6.78. The van der Waals surface area contributed by atoms with Crippen molar-refractivity contribution in [3.63, 3.8) is 0 Å². The molecule has 156 valence electrons. The van der Waals surface area contributed by atoms with Crippen LogP contribution < -0.4 is 11.5 Å². The van der Waals surface area contributed by atoms with E-state index in [1.807, 2.05) is 36.4 Å². The molecule has 0 aliphatic heterocycles. The van der Waals surface area contributed by atoms with Gasteiger partial charge in [-0.05, 0) is 41.0 Å². The van der Waals surface area contributed by atoms with Gasteiger partial charge < -0.3 is 14.9 Å². The summed E-state index contributed by atoms with van der Waals surface area (Å²) in [4.78, 5) is 24.4. The first-order chi connectivity index (χ1) is 15.0. The SMILES string of the molecule is N[C@@H](c1ccc(Cl)cc1)c1cccc(-c2nn(C(=O)OCc3ccccc3)c(=O)o2)c1. The number of rotatable bonds is 5. The van der Waals surface area contributed by atoms with Crippen molar-refractivity contribution < 1.29 is 13.9 Å². The van der Waals surface area contributed by atoms with Crippen LogP contribution in [0, 0.1) is 0 Å². The monoisotopic (exact) mass is 435 g/mol. The Morgan fingerprint density at radius 1 is 1.03 bits per heavy atom. The molecule has 4 rings (SSSR count). The minimum atomic E-state index is -0.930. The number of aromatic nitrogens is 2. The first-order valence-corrected chi connectivity index (χ1v) is 9.81. The van der Waals surface area contributed by atoms with Gasteiger partial charge in [-0.15, -0.1) is 5.10 Å². The predicted octanol–water partition coefficient (Wildman–Crippen LogP) is 4.39. The number of carbonyl (C=O) groups excluding carboxylic acids is 1. The van der Waals surface area contributed by atoms with Crippen LogP contribution in [0.3, 0.4) is 0 Å². The Morgan fingerprint density at radius 2 is 1.77 bits per heavy atom. The van der Waals surface area contributed by atoms with Gasteiger partial charge in [-0.25, -0.2) is 9.59 Å². The molecule has 8 heteroatoms. The molecule has 1 heterocycles. The zero-order chi connectivity index (χ0) is 21.8. The van der Waals surface area contributed by atoms with Gasteiger partial charge in [0, 0.05) is 10.6 Å². The minimum Gasteiger partial charge on any atom is -0.443 e. The van der Waals surface area contributed by atoms with Gasteiger partial charge in [-0.2, -0.15) is 0 Å². The van der Waals surface area contributed by atoms with Crippen molar-refractivity contribution >= 4 is 17.7 Å². The quantitative estimate of drug-likeness (QED) is 0.499. The van der Waals surface area contributed by atoms with Crippen molar-refractivity contribution in [2.75, 3.05) is 0 Å². The summed E-state index contributed by atoms with van der Waals surface area (Å²) in [6.07, 6.45) is -0.919. The van der Waals surface area contributed by atoms with Crippen molar-refractivity contribution in [2.45, 2.75) is 12.6 Å². The molecular formula is C23H18ClN3O4. The maximum atomic E-state index is 12.3. The van der Waals surface area contributed by atoms with Gasteiger partial charge in [0.2, 0.25) is 5.89 Å². The number of ether oxygens (including phenoxy) is 1. The van der Waals surface area contributed by atoms with Gasteiger partial charge in [-0.3, -0.25) is 0 Å². The summed E-state index contributed by atoms with van der Waals surface area (Å²) >= 11 is 5.94. The minimum absolute atomic E-state index is 0.00758. The Kier molecular flexibility index (Phi) is 5.97. The number of nitrogens with zero attached hydrogens (tertiary/aromatic N) is 2. The lowest BCUT2D eigenvalue weighted by molar-refractivity contribution is 0.136. The average molecular weight is 436 g/mol.